The number of carbonyl (C=O) groups is 1. The molecule has 134 valence electrons. The van der Waals surface area contributed by atoms with Crippen molar-refractivity contribution in [3.63, 3.8) is 0 Å². The minimum absolute atomic E-state index is 0.0132. The van der Waals surface area contributed by atoms with Crippen LogP contribution in [0.1, 0.15) is 11.1 Å². The molecule has 0 saturated heterocycles. The minimum atomic E-state index is -4.26. The first kappa shape index (κ1) is 16.3. The lowest BCUT2D eigenvalue weighted by molar-refractivity contribution is -0.132. The molecule has 2 heterocycles. The standard InChI is InChI=1S/C17H13NO7S/c1-9-6-12-13(25-8-24-12)7-11(9)18-15(17(20)21)16(19)10-4-2-3-5-14(10)26(18,22)23/h2-7,19H,8H2,1H3,(H,20,21). The van der Waals surface area contributed by atoms with Crippen LogP contribution in [-0.4, -0.2) is 31.4 Å². The third-order valence-electron chi connectivity index (χ3n) is 4.20. The zero-order chi connectivity index (χ0) is 18.6. The van der Waals surface area contributed by atoms with Gasteiger partial charge in [0.15, 0.2) is 23.0 Å². The molecule has 2 aromatic carbocycles. The first-order valence-corrected chi connectivity index (χ1v) is 8.98. The topological polar surface area (TPSA) is 113 Å². The average Bonchev–Trinajstić information content (AvgIpc) is 3.04. The Morgan fingerprint density at radius 3 is 2.50 bits per heavy atom. The highest BCUT2D eigenvalue weighted by Gasteiger charge is 2.42. The lowest BCUT2D eigenvalue weighted by Crippen LogP contribution is -2.38. The van der Waals surface area contributed by atoms with Gasteiger partial charge in [0.05, 0.1) is 10.6 Å². The molecule has 26 heavy (non-hydrogen) atoms. The molecule has 2 aromatic rings. The molecule has 0 spiro atoms. The highest BCUT2D eigenvalue weighted by Crippen LogP contribution is 2.44. The van der Waals surface area contributed by atoms with Crippen LogP contribution in [0.25, 0.3) is 5.76 Å². The molecule has 0 saturated carbocycles. The van der Waals surface area contributed by atoms with E-state index in [4.69, 9.17) is 9.47 Å². The van der Waals surface area contributed by atoms with E-state index in [1.807, 2.05) is 0 Å². The second kappa shape index (κ2) is 5.40. The van der Waals surface area contributed by atoms with Gasteiger partial charge >= 0.3 is 5.97 Å². The van der Waals surface area contributed by atoms with Gasteiger partial charge in [-0.05, 0) is 30.7 Å². The number of benzene rings is 2. The van der Waals surface area contributed by atoms with E-state index in [1.165, 1.54) is 30.3 Å². The summed E-state index contributed by atoms with van der Waals surface area (Å²) >= 11 is 0. The Morgan fingerprint density at radius 2 is 1.81 bits per heavy atom. The number of carboxylic acid groups (broad SMARTS) is 1. The van der Waals surface area contributed by atoms with Crippen molar-refractivity contribution in [1.29, 1.82) is 0 Å². The lowest BCUT2D eigenvalue weighted by Gasteiger charge is -2.31. The molecule has 8 nitrogen and oxygen atoms in total. The van der Waals surface area contributed by atoms with Crippen LogP contribution in [0.2, 0.25) is 0 Å². The summed E-state index contributed by atoms with van der Waals surface area (Å²) in [7, 11) is -4.26. The van der Waals surface area contributed by atoms with Crippen LogP contribution in [0.5, 0.6) is 11.5 Å². The van der Waals surface area contributed by atoms with Gasteiger partial charge in [-0.15, -0.1) is 0 Å². The maximum Gasteiger partial charge on any atom is 0.357 e. The van der Waals surface area contributed by atoms with Crippen LogP contribution in [0.4, 0.5) is 5.69 Å². The fourth-order valence-electron chi connectivity index (χ4n) is 3.02. The van der Waals surface area contributed by atoms with Crippen LogP contribution in [-0.2, 0) is 14.8 Å². The number of sulfonamides is 1. The Labute approximate surface area is 148 Å². The van der Waals surface area contributed by atoms with Crippen LogP contribution < -0.4 is 13.8 Å². The molecule has 0 aliphatic carbocycles. The van der Waals surface area contributed by atoms with E-state index in [2.05, 4.69) is 0 Å². The molecule has 0 atom stereocenters. The van der Waals surface area contributed by atoms with E-state index in [-0.39, 0.29) is 22.9 Å². The minimum Gasteiger partial charge on any atom is -0.505 e. The van der Waals surface area contributed by atoms with Gasteiger partial charge in [-0.1, -0.05) is 12.1 Å². The first-order chi connectivity index (χ1) is 12.3. The number of rotatable bonds is 2. The molecule has 0 aromatic heterocycles. The Bertz CT molecular complexity index is 1090. The summed E-state index contributed by atoms with van der Waals surface area (Å²) in [5.74, 6) is -1.47. The number of aliphatic hydroxyl groups is 1. The zero-order valence-corrected chi connectivity index (χ0v) is 14.3. The average molecular weight is 375 g/mol. The van der Waals surface area contributed by atoms with Crippen LogP contribution in [0, 0.1) is 6.92 Å². The second-order valence-electron chi connectivity index (χ2n) is 5.76. The Morgan fingerprint density at radius 1 is 1.15 bits per heavy atom. The summed E-state index contributed by atoms with van der Waals surface area (Å²) in [4.78, 5) is 11.6. The Balaban J connectivity index is 2.05. The number of nitrogens with zero attached hydrogens (tertiary/aromatic N) is 1. The third kappa shape index (κ3) is 2.14. The second-order valence-corrected chi connectivity index (χ2v) is 7.52. The van der Waals surface area contributed by atoms with E-state index in [0.29, 0.717) is 21.4 Å². The van der Waals surface area contributed by atoms with Crippen LogP contribution in [0.3, 0.4) is 0 Å². The molecule has 0 unspecified atom stereocenters. The van der Waals surface area contributed by atoms with Gasteiger partial charge in [-0.3, -0.25) is 0 Å². The van der Waals surface area contributed by atoms with E-state index >= 15 is 0 Å². The highest BCUT2D eigenvalue weighted by molar-refractivity contribution is 7.93. The SMILES string of the molecule is Cc1cc2c(cc1N1C(C(=O)O)=C(O)c3ccccc3S1(=O)=O)OCO2. The van der Waals surface area contributed by atoms with E-state index in [1.54, 1.807) is 13.0 Å². The molecule has 9 heteroatoms. The Kier molecular flexibility index (Phi) is 3.38. The van der Waals surface area contributed by atoms with E-state index in [9.17, 15) is 23.4 Å². The van der Waals surface area contributed by atoms with Crippen molar-refractivity contribution in [2.24, 2.45) is 0 Å². The number of fused-ring (bicyclic) bond motifs is 2. The number of aryl methyl sites for hydroxylation is 1. The number of hydrogen-bond donors (Lipinski definition) is 2. The molecule has 0 radical (unpaired) electrons. The van der Waals surface area contributed by atoms with Crippen molar-refractivity contribution >= 4 is 27.4 Å². The Hall–Kier alpha value is -3.20. The van der Waals surface area contributed by atoms with Gasteiger partial charge in [-0.25, -0.2) is 17.5 Å². The van der Waals surface area contributed by atoms with Gasteiger partial charge in [0.1, 0.15) is 0 Å². The van der Waals surface area contributed by atoms with Gasteiger partial charge in [0.25, 0.3) is 10.0 Å². The number of anilines is 1. The summed E-state index contributed by atoms with van der Waals surface area (Å²) in [6.45, 7) is 1.60. The molecular weight excluding hydrogens is 362 g/mol. The number of aliphatic carboxylic acids is 1. The predicted molar refractivity (Wildman–Crippen MR) is 90.6 cm³/mol. The number of carboxylic acids is 1. The predicted octanol–water partition coefficient (Wildman–Crippen LogP) is 2.24. The highest BCUT2D eigenvalue weighted by atomic mass is 32.2. The van der Waals surface area contributed by atoms with Crippen molar-refractivity contribution in [2.45, 2.75) is 11.8 Å². The molecule has 2 N–H and O–H groups in total. The monoisotopic (exact) mass is 375 g/mol. The van der Waals surface area contributed by atoms with Gasteiger partial charge in [-0.2, -0.15) is 0 Å². The van der Waals surface area contributed by atoms with Crippen molar-refractivity contribution in [3.05, 3.63) is 53.2 Å². The molecule has 2 aliphatic heterocycles. The number of hydrogen-bond acceptors (Lipinski definition) is 6. The first-order valence-electron chi connectivity index (χ1n) is 7.54. The number of ether oxygens (including phenoxy) is 2. The van der Waals surface area contributed by atoms with Gasteiger partial charge in [0, 0.05) is 11.6 Å². The summed E-state index contributed by atoms with van der Waals surface area (Å²) in [5, 5.41) is 20.1. The smallest absolute Gasteiger partial charge is 0.357 e. The normalized spacial score (nSPS) is 17.2. The third-order valence-corrected chi connectivity index (χ3v) is 5.97. The molecular formula is C17H13NO7S. The maximum atomic E-state index is 13.2. The fourth-order valence-corrected chi connectivity index (χ4v) is 4.77. The molecule has 2 aliphatic rings. The van der Waals surface area contributed by atoms with Crippen LogP contribution in [0.15, 0.2) is 47.0 Å². The van der Waals surface area contributed by atoms with E-state index < -0.39 is 27.4 Å². The summed E-state index contributed by atoms with van der Waals surface area (Å²) in [6.07, 6.45) is 0. The lowest BCUT2D eigenvalue weighted by atomic mass is 10.1. The van der Waals surface area contributed by atoms with Gasteiger partial charge < -0.3 is 19.7 Å². The molecule has 4 rings (SSSR count). The number of aliphatic hydroxyl groups excluding tert-OH is 1. The van der Waals surface area contributed by atoms with E-state index in [0.717, 1.165) is 0 Å². The van der Waals surface area contributed by atoms with Crippen molar-refractivity contribution in [3.8, 4) is 11.5 Å². The maximum absolute atomic E-state index is 13.2. The summed E-state index contributed by atoms with van der Waals surface area (Å²) in [5.41, 5.74) is -0.290. The summed E-state index contributed by atoms with van der Waals surface area (Å²) < 4.78 is 37.5. The zero-order valence-electron chi connectivity index (χ0n) is 13.5. The quantitative estimate of drug-likeness (QED) is 0.827. The molecule has 0 bridgehead atoms. The fraction of sp³-hybridized carbons (Fsp3) is 0.118. The van der Waals surface area contributed by atoms with Crippen molar-refractivity contribution in [1.82, 2.24) is 0 Å². The van der Waals surface area contributed by atoms with Gasteiger partial charge in [0.2, 0.25) is 6.79 Å². The van der Waals surface area contributed by atoms with Crippen molar-refractivity contribution in [2.75, 3.05) is 11.1 Å². The largest absolute Gasteiger partial charge is 0.505 e. The van der Waals surface area contributed by atoms with Crippen LogP contribution >= 0.6 is 0 Å². The molecule has 0 amide bonds. The van der Waals surface area contributed by atoms with Crippen molar-refractivity contribution < 1.29 is 32.9 Å². The molecule has 0 fully saturated rings. The summed E-state index contributed by atoms with van der Waals surface area (Å²) in [6, 6.07) is 8.64.